The van der Waals surface area contributed by atoms with Gasteiger partial charge < -0.3 is 5.32 Å². The Labute approximate surface area is 168 Å². The van der Waals surface area contributed by atoms with Crippen molar-refractivity contribution in [3.8, 4) is 0 Å². The number of nitrogens with zero attached hydrogens (tertiary/aromatic N) is 1. The minimum Gasteiger partial charge on any atom is -0.346 e. The molecule has 146 valence electrons. The maximum absolute atomic E-state index is 13.2. The molecule has 0 aliphatic heterocycles. The van der Waals surface area contributed by atoms with Gasteiger partial charge in [-0.05, 0) is 74.0 Å². The number of pyridine rings is 1. The Hall–Kier alpha value is -2.01. The van der Waals surface area contributed by atoms with E-state index in [4.69, 9.17) is 0 Å². The molecule has 4 fully saturated rings. The SMILES string of the molecule is O=C(NC12CC3CC(CC(C3)C1)C2)c1cccnc1S(=O)Cc1ccccc1. The molecule has 0 radical (unpaired) electrons. The van der Waals surface area contributed by atoms with Crippen molar-refractivity contribution in [1.82, 2.24) is 10.3 Å². The first-order valence-electron chi connectivity index (χ1n) is 10.3. The van der Waals surface area contributed by atoms with E-state index in [1.165, 1.54) is 19.3 Å². The summed E-state index contributed by atoms with van der Waals surface area (Å²) in [5, 5.41) is 3.78. The van der Waals surface area contributed by atoms with E-state index < -0.39 is 10.8 Å². The Morgan fingerprint density at radius 1 is 1.00 bits per heavy atom. The van der Waals surface area contributed by atoms with Crippen molar-refractivity contribution in [1.29, 1.82) is 0 Å². The topological polar surface area (TPSA) is 59.1 Å². The van der Waals surface area contributed by atoms with Gasteiger partial charge in [0.15, 0.2) is 0 Å². The molecule has 1 unspecified atom stereocenters. The second kappa shape index (κ2) is 7.11. The Kier molecular flexibility index (Phi) is 4.58. The maximum Gasteiger partial charge on any atom is 0.254 e. The minimum absolute atomic E-state index is 0.0557. The molecule has 1 aromatic carbocycles. The molecule has 4 aliphatic carbocycles. The van der Waals surface area contributed by atoms with Crippen LogP contribution in [-0.4, -0.2) is 20.6 Å². The van der Waals surface area contributed by atoms with Gasteiger partial charge in [0.25, 0.3) is 5.91 Å². The summed E-state index contributed by atoms with van der Waals surface area (Å²) >= 11 is 0. The van der Waals surface area contributed by atoms with Gasteiger partial charge >= 0.3 is 0 Å². The van der Waals surface area contributed by atoms with E-state index in [-0.39, 0.29) is 11.4 Å². The molecule has 4 saturated carbocycles. The number of rotatable bonds is 5. The van der Waals surface area contributed by atoms with Gasteiger partial charge in [-0.2, -0.15) is 0 Å². The zero-order valence-electron chi connectivity index (χ0n) is 16.0. The third-order valence-corrected chi connectivity index (χ3v) is 8.14. The third-order valence-electron chi connectivity index (χ3n) is 6.79. The van der Waals surface area contributed by atoms with Gasteiger partial charge in [-0.15, -0.1) is 0 Å². The lowest BCUT2D eigenvalue weighted by atomic mass is 9.53. The van der Waals surface area contributed by atoms with Crippen LogP contribution in [0.1, 0.15) is 54.4 Å². The summed E-state index contributed by atoms with van der Waals surface area (Å²) in [5.74, 6) is 2.58. The number of hydrogen-bond acceptors (Lipinski definition) is 3. The smallest absolute Gasteiger partial charge is 0.254 e. The van der Waals surface area contributed by atoms with Crippen molar-refractivity contribution in [3.05, 3.63) is 59.8 Å². The quantitative estimate of drug-likeness (QED) is 0.831. The monoisotopic (exact) mass is 394 g/mol. The molecule has 1 heterocycles. The third kappa shape index (κ3) is 3.41. The van der Waals surface area contributed by atoms with Crippen LogP contribution in [0.2, 0.25) is 0 Å². The molecule has 0 spiro atoms. The number of carbonyl (C=O) groups excluding carboxylic acids is 1. The standard InChI is InChI=1S/C23H26N2O2S/c26-21(25-23-12-17-9-18(13-23)11-19(10-17)14-23)20-7-4-8-24-22(20)28(27)15-16-5-2-1-3-6-16/h1-8,17-19H,9-15H2,(H,25,26). The first-order chi connectivity index (χ1) is 13.6. The number of carbonyl (C=O) groups is 1. The fraction of sp³-hybridized carbons (Fsp3) is 0.478. The number of benzene rings is 1. The predicted octanol–water partition coefficient (Wildman–Crippen LogP) is 4.09. The van der Waals surface area contributed by atoms with Crippen LogP contribution in [0, 0.1) is 17.8 Å². The van der Waals surface area contributed by atoms with E-state index in [9.17, 15) is 9.00 Å². The average molecular weight is 395 g/mol. The number of amides is 1. The summed E-state index contributed by atoms with van der Waals surface area (Å²) in [6.07, 6.45) is 8.96. The van der Waals surface area contributed by atoms with Crippen LogP contribution in [0.25, 0.3) is 0 Å². The lowest BCUT2D eigenvalue weighted by molar-refractivity contribution is -0.0167. The molecule has 1 atom stereocenters. The van der Waals surface area contributed by atoms with Crippen LogP contribution in [0.5, 0.6) is 0 Å². The summed E-state index contributed by atoms with van der Waals surface area (Å²) in [5.41, 5.74) is 1.39. The summed E-state index contributed by atoms with van der Waals surface area (Å²) < 4.78 is 13.0. The Bertz CT molecular complexity index is 877. The van der Waals surface area contributed by atoms with Gasteiger partial charge in [0.2, 0.25) is 0 Å². The lowest BCUT2D eigenvalue weighted by Crippen LogP contribution is -2.59. The van der Waals surface area contributed by atoms with Gasteiger partial charge in [0.1, 0.15) is 5.03 Å². The fourth-order valence-corrected chi connectivity index (χ4v) is 7.33. The molecule has 5 heteroatoms. The van der Waals surface area contributed by atoms with Crippen molar-refractivity contribution in [2.24, 2.45) is 17.8 Å². The molecular formula is C23H26N2O2S. The predicted molar refractivity (Wildman–Crippen MR) is 109 cm³/mol. The van der Waals surface area contributed by atoms with E-state index in [1.807, 2.05) is 30.3 Å². The van der Waals surface area contributed by atoms with Crippen LogP contribution in [-0.2, 0) is 16.6 Å². The van der Waals surface area contributed by atoms with Crippen LogP contribution in [0.3, 0.4) is 0 Å². The summed E-state index contributed by atoms with van der Waals surface area (Å²) in [4.78, 5) is 17.6. The lowest BCUT2D eigenvalue weighted by Gasteiger charge is -2.56. The zero-order valence-corrected chi connectivity index (χ0v) is 16.8. The maximum atomic E-state index is 13.2. The summed E-state index contributed by atoms with van der Waals surface area (Å²) in [6, 6.07) is 13.2. The largest absolute Gasteiger partial charge is 0.346 e. The average Bonchev–Trinajstić information content (AvgIpc) is 2.67. The molecule has 0 saturated heterocycles. The molecule has 1 amide bonds. The molecule has 4 aliphatic rings. The van der Waals surface area contributed by atoms with Crippen LogP contribution in [0.4, 0.5) is 0 Å². The number of hydrogen-bond donors (Lipinski definition) is 1. The Morgan fingerprint density at radius 2 is 1.64 bits per heavy atom. The van der Waals surface area contributed by atoms with Crippen molar-refractivity contribution in [2.45, 2.75) is 54.8 Å². The highest BCUT2D eigenvalue weighted by molar-refractivity contribution is 7.84. The van der Waals surface area contributed by atoms with E-state index in [2.05, 4.69) is 10.3 Å². The van der Waals surface area contributed by atoms with Crippen LogP contribution < -0.4 is 5.32 Å². The molecule has 1 aromatic heterocycles. The fourth-order valence-electron chi connectivity index (χ4n) is 6.11. The van der Waals surface area contributed by atoms with Crippen molar-refractivity contribution >= 4 is 16.7 Å². The highest BCUT2D eigenvalue weighted by Crippen LogP contribution is 2.55. The first-order valence-corrected chi connectivity index (χ1v) is 11.6. The number of aromatic nitrogens is 1. The van der Waals surface area contributed by atoms with Crippen molar-refractivity contribution in [3.63, 3.8) is 0 Å². The molecule has 2 aromatic rings. The minimum atomic E-state index is -1.35. The highest BCUT2D eigenvalue weighted by Gasteiger charge is 2.51. The Balaban J connectivity index is 1.36. The number of nitrogens with one attached hydrogen (secondary N) is 1. The molecule has 28 heavy (non-hydrogen) atoms. The van der Waals surface area contributed by atoms with E-state index in [0.717, 1.165) is 42.6 Å². The highest BCUT2D eigenvalue weighted by atomic mass is 32.2. The summed E-state index contributed by atoms with van der Waals surface area (Å²) in [6.45, 7) is 0. The molecule has 1 N–H and O–H groups in total. The van der Waals surface area contributed by atoms with Crippen molar-refractivity contribution in [2.75, 3.05) is 0 Å². The Morgan fingerprint density at radius 3 is 2.29 bits per heavy atom. The van der Waals surface area contributed by atoms with E-state index in [1.54, 1.807) is 18.3 Å². The first kappa shape index (κ1) is 18.0. The molecule has 4 nitrogen and oxygen atoms in total. The van der Waals surface area contributed by atoms with E-state index >= 15 is 0 Å². The van der Waals surface area contributed by atoms with Gasteiger partial charge in [-0.3, -0.25) is 9.00 Å². The van der Waals surface area contributed by atoms with Gasteiger partial charge in [-0.1, -0.05) is 30.3 Å². The molecule has 4 bridgehead atoms. The second-order valence-corrected chi connectivity index (χ2v) is 10.4. The summed E-state index contributed by atoms with van der Waals surface area (Å²) in [7, 11) is -1.35. The van der Waals surface area contributed by atoms with Gasteiger partial charge in [0.05, 0.1) is 22.1 Å². The normalized spacial score (nSPS) is 31.5. The van der Waals surface area contributed by atoms with Gasteiger partial charge in [0, 0.05) is 11.7 Å². The van der Waals surface area contributed by atoms with Gasteiger partial charge in [-0.25, -0.2) is 4.98 Å². The van der Waals surface area contributed by atoms with E-state index in [0.29, 0.717) is 16.3 Å². The van der Waals surface area contributed by atoms with Crippen molar-refractivity contribution < 1.29 is 9.00 Å². The second-order valence-electron chi connectivity index (χ2n) is 8.98. The molecular weight excluding hydrogens is 368 g/mol. The van der Waals surface area contributed by atoms with Crippen LogP contribution in [0.15, 0.2) is 53.7 Å². The van der Waals surface area contributed by atoms with Crippen LogP contribution >= 0.6 is 0 Å². The zero-order chi connectivity index (χ0) is 19.1. The molecule has 6 rings (SSSR count).